The first-order chi connectivity index (χ1) is 8.86. The summed E-state index contributed by atoms with van der Waals surface area (Å²) in [4.78, 5) is 0. The molecule has 0 aromatic rings. The van der Waals surface area contributed by atoms with Gasteiger partial charge in [0.1, 0.15) is 0 Å². The van der Waals surface area contributed by atoms with Gasteiger partial charge in [-0.15, -0.1) is 0 Å². The van der Waals surface area contributed by atoms with Gasteiger partial charge in [-0.05, 0) is 49.2 Å². The molecule has 0 spiro atoms. The summed E-state index contributed by atoms with van der Waals surface area (Å²) < 4.78 is 5.47. The van der Waals surface area contributed by atoms with E-state index in [0.717, 1.165) is 38.7 Å². The van der Waals surface area contributed by atoms with Gasteiger partial charge in [-0.3, -0.25) is 0 Å². The highest BCUT2D eigenvalue weighted by Crippen LogP contribution is 2.67. The van der Waals surface area contributed by atoms with E-state index < -0.39 is 0 Å². The number of rotatable bonds is 6. The van der Waals surface area contributed by atoms with Crippen LogP contribution in [0.3, 0.4) is 0 Å². The highest BCUT2D eigenvalue weighted by molar-refractivity contribution is 5.12. The van der Waals surface area contributed by atoms with Crippen LogP contribution in [0.25, 0.3) is 0 Å². The van der Waals surface area contributed by atoms with Gasteiger partial charge in [0.05, 0.1) is 6.61 Å². The maximum atomic E-state index is 5.47. The second kappa shape index (κ2) is 5.34. The lowest BCUT2D eigenvalue weighted by atomic mass is 9.79. The van der Waals surface area contributed by atoms with Crippen LogP contribution in [0.15, 0.2) is 0 Å². The lowest BCUT2D eigenvalue weighted by Crippen LogP contribution is -2.46. The molecule has 0 aromatic heterocycles. The van der Waals surface area contributed by atoms with Crippen molar-refractivity contribution < 1.29 is 4.74 Å². The molecule has 1 aliphatic carbocycles. The Bertz CT molecular complexity index is 286. The third-order valence-corrected chi connectivity index (χ3v) is 6.28. The van der Waals surface area contributed by atoms with Crippen LogP contribution in [0.1, 0.15) is 40.5 Å². The number of hydrogen-bond acceptors (Lipinski definition) is 3. The summed E-state index contributed by atoms with van der Waals surface area (Å²) >= 11 is 0. The van der Waals surface area contributed by atoms with E-state index in [-0.39, 0.29) is 0 Å². The zero-order valence-electron chi connectivity index (χ0n) is 13.4. The van der Waals surface area contributed by atoms with Gasteiger partial charge >= 0.3 is 0 Å². The Labute approximate surface area is 118 Å². The van der Waals surface area contributed by atoms with Crippen LogP contribution < -0.4 is 10.6 Å². The zero-order chi connectivity index (χ0) is 14.1. The quantitative estimate of drug-likeness (QED) is 0.775. The van der Waals surface area contributed by atoms with Gasteiger partial charge in [-0.1, -0.05) is 27.7 Å². The predicted molar refractivity (Wildman–Crippen MR) is 80.3 cm³/mol. The Morgan fingerprint density at radius 2 is 1.68 bits per heavy atom. The minimum atomic E-state index is 0.350. The smallest absolute Gasteiger partial charge is 0.0531 e. The monoisotopic (exact) mass is 268 g/mol. The molecule has 3 nitrogen and oxygen atoms in total. The van der Waals surface area contributed by atoms with Gasteiger partial charge in [0, 0.05) is 19.1 Å². The molecule has 2 fully saturated rings. The van der Waals surface area contributed by atoms with E-state index in [1.165, 1.54) is 12.8 Å². The molecular formula is C16H32N2O. The van der Waals surface area contributed by atoms with E-state index in [4.69, 9.17) is 4.74 Å². The van der Waals surface area contributed by atoms with Crippen molar-refractivity contribution >= 4 is 0 Å². The maximum Gasteiger partial charge on any atom is 0.0531 e. The summed E-state index contributed by atoms with van der Waals surface area (Å²) in [6.45, 7) is 15.0. The number of ether oxygens (including phenoxy) is 1. The Hall–Kier alpha value is -0.120. The van der Waals surface area contributed by atoms with Crippen LogP contribution >= 0.6 is 0 Å². The molecule has 1 heterocycles. The van der Waals surface area contributed by atoms with Crippen molar-refractivity contribution in [3.8, 4) is 0 Å². The van der Waals surface area contributed by atoms with E-state index in [0.29, 0.717) is 16.2 Å². The molecule has 0 atom stereocenters. The fraction of sp³-hybridized carbons (Fsp3) is 1.00. The summed E-state index contributed by atoms with van der Waals surface area (Å²) in [5.74, 6) is 0.807. The molecule has 3 heteroatoms. The molecule has 0 amide bonds. The number of hydrogen-bond donors (Lipinski definition) is 2. The average molecular weight is 268 g/mol. The summed E-state index contributed by atoms with van der Waals surface area (Å²) in [6.07, 6.45) is 2.45. The van der Waals surface area contributed by atoms with Gasteiger partial charge < -0.3 is 15.4 Å². The molecule has 0 unspecified atom stereocenters. The van der Waals surface area contributed by atoms with E-state index in [9.17, 15) is 0 Å². The van der Waals surface area contributed by atoms with Gasteiger partial charge in [0.25, 0.3) is 0 Å². The normalized spacial score (nSPS) is 28.3. The second-order valence-corrected chi connectivity index (χ2v) is 7.81. The van der Waals surface area contributed by atoms with E-state index in [2.05, 4.69) is 38.3 Å². The van der Waals surface area contributed by atoms with E-state index in [1.807, 2.05) is 7.11 Å². The molecule has 0 aromatic carbocycles. The first-order valence-electron chi connectivity index (χ1n) is 7.76. The van der Waals surface area contributed by atoms with Crippen LogP contribution in [0, 0.1) is 22.2 Å². The fourth-order valence-corrected chi connectivity index (χ4v) is 3.96. The molecule has 2 rings (SSSR count). The lowest BCUT2D eigenvalue weighted by molar-refractivity contribution is 0.0533. The molecule has 2 aliphatic rings. The molecule has 1 saturated carbocycles. The van der Waals surface area contributed by atoms with E-state index in [1.54, 1.807) is 0 Å². The minimum Gasteiger partial charge on any atom is -0.384 e. The van der Waals surface area contributed by atoms with Crippen molar-refractivity contribution in [2.75, 3.05) is 39.9 Å². The van der Waals surface area contributed by atoms with Gasteiger partial charge in [-0.25, -0.2) is 0 Å². The Balaban J connectivity index is 1.80. The van der Waals surface area contributed by atoms with Crippen molar-refractivity contribution in [3.63, 3.8) is 0 Å². The van der Waals surface area contributed by atoms with Crippen molar-refractivity contribution in [1.82, 2.24) is 10.6 Å². The Kier molecular flexibility index (Phi) is 4.29. The summed E-state index contributed by atoms with van der Waals surface area (Å²) in [7, 11) is 1.83. The second-order valence-electron chi connectivity index (χ2n) is 7.81. The first-order valence-corrected chi connectivity index (χ1v) is 7.76. The highest BCUT2D eigenvalue weighted by atomic mass is 16.5. The maximum absolute atomic E-state index is 5.47. The molecule has 112 valence electrons. The van der Waals surface area contributed by atoms with Crippen molar-refractivity contribution in [2.24, 2.45) is 22.2 Å². The summed E-state index contributed by atoms with van der Waals surface area (Å²) in [6, 6.07) is 0. The molecule has 19 heavy (non-hydrogen) atoms. The van der Waals surface area contributed by atoms with Gasteiger partial charge in [0.15, 0.2) is 0 Å². The SMILES string of the molecule is COCC1(CNCC2C(C)(C)C2(C)C)CCNCC1. The van der Waals surface area contributed by atoms with Crippen LogP contribution in [0.2, 0.25) is 0 Å². The van der Waals surface area contributed by atoms with Gasteiger partial charge in [-0.2, -0.15) is 0 Å². The molecule has 1 aliphatic heterocycles. The highest BCUT2D eigenvalue weighted by Gasteiger charge is 2.63. The molecular weight excluding hydrogens is 236 g/mol. The van der Waals surface area contributed by atoms with Crippen LogP contribution in [-0.4, -0.2) is 39.9 Å². The average Bonchev–Trinajstić information content (AvgIpc) is 2.73. The summed E-state index contributed by atoms with van der Waals surface area (Å²) in [5, 5.41) is 7.20. The first kappa shape index (κ1) is 15.3. The van der Waals surface area contributed by atoms with Crippen molar-refractivity contribution in [3.05, 3.63) is 0 Å². The molecule has 0 radical (unpaired) electrons. The predicted octanol–water partition coefficient (Wildman–Crippen LogP) is 2.27. The van der Waals surface area contributed by atoms with Gasteiger partial charge in [0.2, 0.25) is 0 Å². The number of nitrogens with one attached hydrogen (secondary N) is 2. The van der Waals surface area contributed by atoms with Crippen LogP contribution in [0.4, 0.5) is 0 Å². The largest absolute Gasteiger partial charge is 0.384 e. The zero-order valence-corrected chi connectivity index (χ0v) is 13.4. The lowest BCUT2D eigenvalue weighted by Gasteiger charge is -2.37. The number of methoxy groups -OCH3 is 1. The van der Waals surface area contributed by atoms with Crippen molar-refractivity contribution in [2.45, 2.75) is 40.5 Å². The molecule has 2 N–H and O–H groups in total. The van der Waals surface area contributed by atoms with E-state index >= 15 is 0 Å². The number of piperidine rings is 1. The fourth-order valence-electron chi connectivity index (χ4n) is 3.96. The Morgan fingerprint density at radius 3 is 2.16 bits per heavy atom. The Morgan fingerprint density at radius 1 is 1.11 bits per heavy atom. The van der Waals surface area contributed by atoms with Crippen molar-refractivity contribution in [1.29, 1.82) is 0 Å². The summed E-state index contributed by atoms with van der Waals surface area (Å²) in [5.41, 5.74) is 1.33. The third-order valence-electron chi connectivity index (χ3n) is 6.28. The topological polar surface area (TPSA) is 33.3 Å². The molecule has 1 saturated heterocycles. The molecule has 0 bridgehead atoms. The van der Waals surface area contributed by atoms with Crippen LogP contribution in [-0.2, 0) is 4.74 Å². The minimum absolute atomic E-state index is 0.350. The third kappa shape index (κ3) is 2.84. The standard InChI is InChI=1S/C16H32N2O/c1-14(2)13(15(14,3)4)10-18-11-16(12-19-5)6-8-17-9-7-16/h13,17-18H,6-12H2,1-5H3. The van der Waals surface area contributed by atoms with Crippen LogP contribution in [0.5, 0.6) is 0 Å².